The van der Waals surface area contributed by atoms with Crippen LogP contribution in [0.2, 0.25) is 0 Å². The molecule has 0 fully saturated rings. The van der Waals surface area contributed by atoms with E-state index in [9.17, 15) is 5.11 Å². The summed E-state index contributed by atoms with van der Waals surface area (Å²) in [5, 5.41) is 9.45. The van der Waals surface area contributed by atoms with Crippen molar-refractivity contribution in [2.24, 2.45) is 0 Å². The highest BCUT2D eigenvalue weighted by Crippen LogP contribution is 2.24. The van der Waals surface area contributed by atoms with Gasteiger partial charge in [-0.05, 0) is 37.1 Å². The molecule has 2 heteroatoms. The molecule has 0 heterocycles. The molecule has 0 amide bonds. The highest BCUT2D eigenvalue weighted by Gasteiger charge is 2.01. The normalized spacial score (nSPS) is 12.4. The highest BCUT2D eigenvalue weighted by atomic mass is 32.2. The van der Waals surface area contributed by atoms with Gasteiger partial charge >= 0.3 is 0 Å². The zero-order chi connectivity index (χ0) is 13.0. The number of benzene rings is 2. The topological polar surface area (TPSA) is 20.2 Å². The van der Waals surface area contributed by atoms with Crippen molar-refractivity contribution in [3.8, 4) is 0 Å². The third kappa shape index (κ3) is 3.62. The number of aliphatic hydroxyl groups excluding tert-OH is 1. The third-order valence-corrected chi connectivity index (χ3v) is 3.93. The lowest BCUT2D eigenvalue weighted by Crippen LogP contribution is -1.89. The summed E-state index contributed by atoms with van der Waals surface area (Å²) in [6.07, 6.45) is -0.388. The van der Waals surface area contributed by atoms with Gasteiger partial charge in [0, 0.05) is 10.6 Å². The zero-order valence-electron chi connectivity index (χ0n) is 10.8. The molecule has 1 nitrogen and oxygen atoms in total. The van der Waals surface area contributed by atoms with Crippen LogP contribution in [-0.4, -0.2) is 5.11 Å². The van der Waals surface area contributed by atoms with Crippen LogP contribution in [0.25, 0.3) is 0 Å². The molecule has 2 aromatic rings. The maximum absolute atomic E-state index is 9.45. The zero-order valence-corrected chi connectivity index (χ0v) is 11.6. The number of hydrogen-bond acceptors (Lipinski definition) is 2. The molecule has 0 aliphatic rings. The molecule has 94 valence electrons. The van der Waals surface area contributed by atoms with E-state index in [0.717, 1.165) is 11.3 Å². The molecule has 0 saturated carbocycles. The summed E-state index contributed by atoms with van der Waals surface area (Å²) < 4.78 is 0. The van der Waals surface area contributed by atoms with Crippen LogP contribution >= 0.6 is 11.8 Å². The Balaban J connectivity index is 1.98. The Morgan fingerprint density at radius 2 is 1.83 bits per heavy atom. The monoisotopic (exact) mass is 258 g/mol. The minimum Gasteiger partial charge on any atom is -0.389 e. The van der Waals surface area contributed by atoms with Gasteiger partial charge < -0.3 is 5.11 Å². The molecular formula is C16H18OS. The average Bonchev–Trinajstić information content (AvgIpc) is 2.37. The first-order valence-corrected chi connectivity index (χ1v) is 7.10. The van der Waals surface area contributed by atoms with Crippen molar-refractivity contribution >= 4 is 11.8 Å². The number of aliphatic hydroxyl groups is 1. The molecule has 0 spiro atoms. The van der Waals surface area contributed by atoms with Gasteiger partial charge in [0.1, 0.15) is 0 Å². The van der Waals surface area contributed by atoms with Gasteiger partial charge in [-0.2, -0.15) is 0 Å². The van der Waals surface area contributed by atoms with E-state index in [2.05, 4.69) is 43.3 Å². The molecule has 0 radical (unpaired) electrons. The minimum absolute atomic E-state index is 0.388. The van der Waals surface area contributed by atoms with Gasteiger partial charge in [-0.3, -0.25) is 0 Å². The maximum Gasteiger partial charge on any atom is 0.0761 e. The van der Waals surface area contributed by atoms with Gasteiger partial charge in [0.25, 0.3) is 0 Å². The molecule has 18 heavy (non-hydrogen) atoms. The van der Waals surface area contributed by atoms with E-state index >= 15 is 0 Å². The molecule has 0 bridgehead atoms. The molecule has 2 rings (SSSR count). The Hall–Kier alpha value is -1.25. The molecule has 1 unspecified atom stereocenters. The van der Waals surface area contributed by atoms with Crippen molar-refractivity contribution in [3.63, 3.8) is 0 Å². The van der Waals surface area contributed by atoms with Gasteiger partial charge in [-0.15, -0.1) is 11.8 Å². The van der Waals surface area contributed by atoms with E-state index in [0.29, 0.717) is 0 Å². The van der Waals surface area contributed by atoms with Gasteiger partial charge in [0.05, 0.1) is 6.10 Å². The molecular weight excluding hydrogens is 240 g/mol. The van der Waals surface area contributed by atoms with Crippen LogP contribution in [-0.2, 0) is 5.75 Å². The lowest BCUT2D eigenvalue weighted by molar-refractivity contribution is 0.199. The molecule has 0 saturated heterocycles. The first-order chi connectivity index (χ1) is 8.65. The van der Waals surface area contributed by atoms with Crippen LogP contribution in [0, 0.1) is 6.92 Å². The van der Waals surface area contributed by atoms with Crippen molar-refractivity contribution in [2.45, 2.75) is 30.6 Å². The maximum atomic E-state index is 9.45. The SMILES string of the molecule is Cc1cccc(CSc2ccc(C(C)O)cc2)c1. The lowest BCUT2D eigenvalue weighted by Gasteiger charge is -2.06. The van der Waals surface area contributed by atoms with Crippen molar-refractivity contribution < 1.29 is 5.11 Å². The van der Waals surface area contributed by atoms with Crippen molar-refractivity contribution in [1.29, 1.82) is 0 Å². The number of hydrogen-bond donors (Lipinski definition) is 1. The van der Waals surface area contributed by atoms with Crippen LogP contribution in [0.15, 0.2) is 53.4 Å². The van der Waals surface area contributed by atoms with Gasteiger partial charge in [-0.1, -0.05) is 42.0 Å². The summed E-state index contributed by atoms with van der Waals surface area (Å²) in [5.41, 5.74) is 3.62. The lowest BCUT2D eigenvalue weighted by atomic mass is 10.1. The van der Waals surface area contributed by atoms with E-state index in [1.54, 1.807) is 6.92 Å². The van der Waals surface area contributed by atoms with Crippen molar-refractivity contribution in [2.75, 3.05) is 0 Å². The van der Waals surface area contributed by atoms with Crippen molar-refractivity contribution in [1.82, 2.24) is 0 Å². The fourth-order valence-corrected chi connectivity index (χ4v) is 2.65. The van der Waals surface area contributed by atoms with E-state index in [1.165, 1.54) is 16.0 Å². The van der Waals surface area contributed by atoms with Gasteiger partial charge in [0.2, 0.25) is 0 Å². The molecule has 0 aromatic heterocycles. The van der Waals surface area contributed by atoms with E-state index in [4.69, 9.17) is 0 Å². The summed E-state index contributed by atoms with van der Waals surface area (Å²) in [7, 11) is 0. The quantitative estimate of drug-likeness (QED) is 0.823. The largest absolute Gasteiger partial charge is 0.389 e. The summed E-state index contributed by atoms with van der Waals surface area (Å²) in [5.74, 6) is 0.982. The van der Waals surface area contributed by atoms with Crippen molar-refractivity contribution in [3.05, 3.63) is 65.2 Å². The van der Waals surface area contributed by atoms with E-state index < -0.39 is 0 Å². The van der Waals surface area contributed by atoms with Crippen LogP contribution in [0.1, 0.15) is 29.7 Å². The van der Waals surface area contributed by atoms with Crippen LogP contribution in [0.5, 0.6) is 0 Å². The fourth-order valence-electron chi connectivity index (χ4n) is 1.81. The summed E-state index contributed by atoms with van der Waals surface area (Å²) in [4.78, 5) is 1.24. The first kappa shape index (κ1) is 13.2. The van der Waals surface area contributed by atoms with Crippen LogP contribution < -0.4 is 0 Å². The Bertz CT molecular complexity index is 503. The second-order valence-electron chi connectivity index (χ2n) is 4.52. The Morgan fingerprint density at radius 3 is 2.44 bits per heavy atom. The molecule has 1 N–H and O–H groups in total. The highest BCUT2D eigenvalue weighted by molar-refractivity contribution is 7.98. The number of thioether (sulfide) groups is 1. The summed E-state index contributed by atoms with van der Waals surface area (Å²) >= 11 is 1.82. The predicted molar refractivity (Wildman–Crippen MR) is 77.8 cm³/mol. The fraction of sp³-hybridized carbons (Fsp3) is 0.250. The molecule has 0 aliphatic carbocycles. The summed E-state index contributed by atoms with van der Waals surface area (Å²) in [6.45, 7) is 3.90. The van der Waals surface area contributed by atoms with E-state index in [1.807, 2.05) is 23.9 Å². The number of aryl methyl sites for hydroxylation is 1. The molecule has 2 aromatic carbocycles. The van der Waals surface area contributed by atoms with Gasteiger partial charge in [0.15, 0.2) is 0 Å². The van der Waals surface area contributed by atoms with Gasteiger partial charge in [-0.25, -0.2) is 0 Å². The molecule has 1 atom stereocenters. The second-order valence-corrected chi connectivity index (χ2v) is 5.57. The van der Waals surface area contributed by atoms with E-state index in [-0.39, 0.29) is 6.10 Å². The Kier molecular flexibility index (Phi) is 4.45. The average molecular weight is 258 g/mol. The Labute approximate surface area is 113 Å². The minimum atomic E-state index is -0.388. The van der Waals surface area contributed by atoms with Crippen LogP contribution in [0.4, 0.5) is 0 Å². The first-order valence-electron chi connectivity index (χ1n) is 6.11. The second kappa shape index (κ2) is 6.07. The summed E-state index contributed by atoms with van der Waals surface area (Å²) in [6, 6.07) is 16.7. The number of rotatable bonds is 4. The van der Waals surface area contributed by atoms with Crippen LogP contribution in [0.3, 0.4) is 0 Å². The predicted octanol–water partition coefficient (Wildman–Crippen LogP) is 4.34. The third-order valence-electron chi connectivity index (χ3n) is 2.85. The molecule has 0 aliphatic heterocycles. The smallest absolute Gasteiger partial charge is 0.0761 e. The standard InChI is InChI=1S/C16H18OS/c1-12-4-3-5-14(10-12)11-18-16-8-6-15(7-9-16)13(2)17/h3-10,13,17H,11H2,1-2H3. The Morgan fingerprint density at radius 1 is 1.11 bits per heavy atom.